The first-order chi connectivity index (χ1) is 24.7. The first-order valence-corrected chi connectivity index (χ1v) is 20.0. The summed E-state index contributed by atoms with van der Waals surface area (Å²) in [4.78, 5) is 40.3. The van der Waals surface area contributed by atoms with Crippen LogP contribution in [0.15, 0.2) is 143 Å². The van der Waals surface area contributed by atoms with E-state index < -0.39 is 42.0 Å². The predicted octanol–water partition coefficient (Wildman–Crippen LogP) is 6.11. The summed E-state index contributed by atoms with van der Waals surface area (Å²) in [7, 11) is -8.43. The van der Waals surface area contributed by atoms with Gasteiger partial charge in [0.1, 0.15) is 23.7 Å². The lowest BCUT2D eigenvalue weighted by atomic mass is 10.2. The Kier molecular flexibility index (Phi) is 13.3. The fourth-order valence-electron chi connectivity index (χ4n) is 5.65. The molecule has 0 saturated carbocycles. The van der Waals surface area contributed by atoms with Crippen LogP contribution in [0.4, 0.5) is 0 Å². The van der Waals surface area contributed by atoms with Crippen LogP contribution < -0.4 is 0 Å². The van der Waals surface area contributed by atoms with Crippen LogP contribution in [0.1, 0.15) is 43.2 Å². The summed E-state index contributed by atoms with van der Waals surface area (Å²) in [5.74, 6) is -1.46. The summed E-state index contributed by atoms with van der Waals surface area (Å²) in [6.07, 6.45) is 3.69. The fraction of sp³-hybridized carbons (Fsp3) is 0.282. The lowest BCUT2D eigenvalue weighted by Crippen LogP contribution is -2.43. The molecular weight excluding hydrogens is 689 g/mol. The molecule has 51 heavy (non-hydrogen) atoms. The van der Waals surface area contributed by atoms with Crippen molar-refractivity contribution in [2.24, 2.45) is 0 Å². The number of carbonyl (C=O) groups is 2. The van der Waals surface area contributed by atoms with Crippen molar-refractivity contribution >= 4 is 31.5 Å². The van der Waals surface area contributed by atoms with Gasteiger partial charge in [-0.25, -0.2) is 27.0 Å². The molecule has 4 aromatic carbocycles. The first-order valence-electron chi connectivity index (χ1n) is 16.9. The van der Waals surface area contributed by atoms with Gasteiger partial charge in [0.05, 0.1) is 9.79 Å². The molecule has 1 heterocycles. The van der Waals surface area contributed by atoms with Crippen LogP contribution >= 0.6 is 0 Å². The standard InChI is InChI=1S/C39H42N2O8S2/c42-38-36(50(44,45)34-22-10-3-11-23-34)26-14-15-27-37(51(46,47)35-24-12-4-13-25-35)39(43)41(49-31-33-20-8-2-9-21-33)29-17-5-16-28-40(38)48-30-32-18-6-1-7-19-32/h1-4,6-15,18-25,36-37H,5,16-17,26-31H2/b15-14+. The third-order valence-corrected chi connectivity index (χ3v) is 12.6. The number of amides is 2. The summed E-state index contributed by atoms with van der Waals surface area (Å²) in [5.41, 5.74) is 1.61. The maximum atomic E-state index is 14.2. The maximum absolute atomic E-state index is 14.2. The summed E-state index contributed by atoms with van der Waals surface area (Å²) in [6, 6.07) is 33.9. The topological polar surface area (TPSA) is 127 Å². The van der Waals surface area contributed by atoms with Crippen LogP contribution in [-0.4, -0.2) is 62.4 Å². The number of nitrogens with zero attached hydrogens (tertiary/aromatic N) is 2. The lowest BCUT2D eigenvalue weighted by molar-refractivity contribution is -0.193. The molecule has 2 atom stereocenters. The first kappa shape index (κ1) is 37.6. The highest BCUT2D eigenvalue weighted by atomic mass is 32.2. The zero-order chi connectivity index (χ0) is 36.1. The van der Waals surface area contributed by atoms with Gasteiger partial charge < -0.3 is 0 Å². The fourth-order valence-corrected chi connectivity index (χ4v) is 8.87. The molecule has 1 aliphatic heterocycles. The van der Waals surface area contributed by atoms with Gasteiger partial charge in [0.15, 0.2) is 19.7 Å². The van der Waals surface area contributed by atoms with Crippen LogP contribution in [0.3, 0.4) is 0 Å². The van der Waals surface area contributed by atoms with E-state index in [2.05, 4.69) is 0 Å². The average Bonchev–Trinajstić information content (AvgIpc) is 3.16. The highest BCUT2D eigenvalue weighted by Gasteiger charge is 2.39. The van der Waals surface area contributed by atoms with Gasteiger partial charge in [-0.05, 0) is 67.5 Å². The molecule has 0 aromatic heterocycles. The molecule has 12 heteroatoms. The van der Waals surface area contributed by atoms with Gasteiger partial charge in [-0.1, -0.05) is 109 Å². The van der Waals surface area contributed by atoms with Crippen molar-refractivity contribution in [1.82, 2.24) is 10.1 Å². The molecule has 4 aromatic rings. The Balaban J connectivity index is 1.49. The number of hydroxylamine groups is 4. The third-order valence-electron chi connectivity index (χ3n) is 8.48. The van der Waals surface area contributed by atoms with E-state index in [4.69, 9.17) is 9.68 Å². The molecule has 268 valence electrons. The van der Waals surface area contributed by atoms with E-state index in [0.29, 0.717) is 19.3 Å². The Bertz CT molecular complexity index is 1820. The molecule has 10 nitrogen and oxygen atoms in total. The molecule has 0 saturated heterocycles. The maximum Gasteiger partial charge on any atom is 0.265 e. The Hall–Kier alpha value is -4.62. The zero-order valence-electron chi connectivity index (χ0n) is 28.2. The number of carbonyl (C=O) groups excluding carboxylic acids is 2. The van der Waals surface area contributed by atoms with Gasteiger partial charge in [-0.3, -0.25) is 19.3 Å². The second kappa shape index (κ2) is 18.0. The van der Waals surface area contributed by atoms with Crippen LogP contribution in [0, 0.1) is 0 Å². The van der Waals surface area contributed by atoms with E-state index >= 15 is 0 Å². The Labute approximate surface area is 300 Å². The molecule has 2 amide bonds. The van der Waals surface area contributed by atoms with E-state index in [1.165, 1.54) is 36.4 Å². The molecular formula is C39H42N2O8S2. The van der Waals surface area contributed by atoms with Crippen molar-refractivity contribution in [3.8, 4) is 0 Å². The quantitative estimate of drug-likeness (QED) is 0.179. The van der Waals surface area contributed by atoms with Gasteiger partial charge in [0.2, 0.25) is 0 Å². The van der Waals surface area contributed by atoms with Crippen LogP contribution in [0.25, 0.3) is 0 Å². The van der Waals surface area contributed by atoms with Crippen LogP contribution in [0.5, 0.6) is 0 Å². The molecule has 1 aliphatic rings. The Morgan fingerprint density at radius 2 is 0.824 bits per heavy atom. The van der Waals surface area contributed by atoms with E-state index in [9.17, 15) is 26.4 Å². The van der Waals surface area contributed by atoms with Crippen molar-refractivity contribution in [2.45, 2.75) is 65.6 Å². The highest BCUT2D eigenvalue weighted by molar-refractivity contribution is 7.93. The van der Waals surface area contributed by atoms with E-state index in [0.717, 1.165) is 21.3 Å². The predicted molar refractivity (Wildman–Crippen MR) is 193 cm³/mol. The molecule has 0 bridgehead atoms. The summed E-state index contributed by atoms with van der Waals surface area (Å²) in [6.45, 7) is 0.296. The van der Waals surface area contributed by atoms with Crippen molar-refractivity contribution in [3.05, 3.63) is 145 Å². The minimum Gasteiger partial charge on any atom is -0.271 e. The summed E-state index contributed by atoms with van der Waals surface area (Å²) < 4.78 is 56.0. The molecule has 0 radical (unpaired) electrons. The van der Waals surface area contributed by atoms with E-state index in [1.807, 2.05) is 60.7 Å². The molecule has 2 unspecified atom stereocenters. The smallest absolute Gasteiger partial charge is 0.265 e. The van der Waals surface area contributed by atoms with Gasteiger partial charge in [0, 0.05) is 13.1 Å². The second-order valence-corrected chi connectivity index (χ2v) is 16.4. The van der Waals surface area contributed by atoms with Gasteiger partial charge >= 0.3 is 0 Å². The minimum absolute atomic E-state index is 0.0245. The number of benzene rings is 4. The van der Waals surface area contributed by atoms with Gasteiger partial charge in [-0.2, -0.15) is 0 Å². The molecule has 0 spiro atoms. The third kappa shape index (κ3) is 10.0. The normalized spacial score (nSPS) is 19.2. The number of allylic oxidation sites excluding steroid dienone is 2. The molecule has 5 rings (SSSR count). The van der Waals surface area contributed by atoms with Crippen LogP contribution in [-0.2, 0) is 52.2 Å². The number of hydrogen-bond acceptors (Lipinski definition) is 8. The monoisotopic (exact) mass is 730 g/mol. The minimum atomic E-state index is -4.21. The average molecular weight is 731 g/mol. The number of rotatable bonds is 10. The summed E-state index contributed by atoms with van der Waals surface area (Å²) in [5, 5.41) is -0.878. The van der Waals surface area contributed by atoms with Crippen molar-refractivity contribution in [3.63, 3.8) is 0 Å². The van der Waals surface area contributed by atoms with Gasteiger partial charge in [0.25, 0.3) is 11.8 Å². The molecule has 0 N–H and O–H groups in total. The Morgan fingerprint density at radius 3 is 1.18 bits per heavy atom. The number of hydrogen-bond donors (Lipinski definition) is 0. The second-order valence-electron chi connectivity index (χ2n) is 12.1. The van der Waals surface area contributed by atoms with Crippen LogP contribution in [0.2, 0.25) is 0 Å². The molecule has 0 fully saturated rings. The zero-order valence-corrected chi connectivity index (χ0v) is 29.8. The Morgan fingerprint density at radius 1 is 0.490 bits per heavy atom. The van der Waals surface area contributed by atoms with E-state index in [1.54, 1.807) is 36.4 Å². The molecule has 0 aliphatic carbocycles. The lowest BCUT2D eigenvalue weighted by Gasteiger charge is -2.27. The highest BCUT2D eigenvalue weighted by Crippen LogP contribution is 2.25. The largest absolute Gasteiger partial charge is 0.271 e. The van der Waals surface area contributed by atoms with Crippen molar-refractivity contribution in [1.29, 1.82) is 0 Å². The van der Waals surface area contributed by atoms with Gasteiger partial charge in [-0.15, -0.1) is 0 Å². The SMILES string of the molecule is O=C1C(S(=O)(=O)c2ccccc2)C/C=C/CC(S(=O)(=O)c2ccccc2)C(=O)N(OCc2ccccc2)CCCCCN1OCc1ccccc1. The number of sulfone groups is 2. The summed E-state index contributed by atoms with van der Waals surface area (Å²) >= 11 is 0. The van der Waals surface area contributed by atoms with Crippen molar-refractivity contribution in [2.75, 3.05) is 13.1 Å². The van der Waals surface area contributed by atoms with Crippen molar-refractivity contribution < 1.29 is 36.1 Å². The van der Waals surface area contributed by atoms with E-state index in [-0.39, 0.29) is 48.9 Å².